The molecule has 11 heteroatoms. The minimum atomic E-state index is -0.828. The van der Waals surface area contributed by atoms with Crippen LogP contribution in [-0.2, 0) is 25.5 Å². The highest BCUT2D eigenvalue weighted by molar-refractivity contribution is 8.00. The number of benzene rings is 2. The van der Waals surface area contributed by atoms with Gasteiger partial charge in [0.1, 0.15) is 11.4 Å². The van der Waals surface area contributed by atoms with Crippen LogP contribution in [0.5, 0.6) is 0 Å². The number of hydrogen-bond acceptors (Lipinski definition) is 9. The van der Waals surface area contributed by atoms with Gasteiger partial charge >= 0.3 is 5.97 Å². The fraction of sp³-hybridized carbons (Fsp3) is 0.531. The number of ether oxygens (including phenoxy) is 2. The maximum atomic E-state index is 13.3. The summed E-state index contributed by atoms with van der Waals surface area (Å²) in [7, 11) is 0. The van der Waals surface area contributed by atoms with Crippen molar-refractivity contribution in [1.29, 1.82) is 0 Å². The van der Waals surface area contributed by atoms with E-state index >= 15 is 0 Å². The van der Waals surface area contributed by atoms with Gasteiger partial charge in [-0.15, -0.1) is 11.8 Å². The van der Waals surface area contributed by atoms with Crippen molar-refractivity contribution in [2.45, 2.75) is 51.1 Å². The number of hydrogen-bond donors (Lipinski definition) is 1. The summed E-state index contributed by atoms with van der Waals surface area (Å²) in [6.45, 7) is 10.9. The Labute approximate surface area is 265 Å². The third-order valence-electron chi connectivity index (χ3n) is 7.14. The molecule has 0 bridgehead atoms. The molecule has 0 aliphatic carbocycles. The molecule has 0 saturated carbocycles. The molecule has 43 heavy (non-hydrogen) atoms. The van der Waals surface area contributed by atoms with E-state index in [0.717, 1.165) is 43.1 Å². The zero-order chi connectivity index (χ0) is 31.2. The van der Waals surface area contributed by atoms with Gasteiger partial charge in [-0.3, -0.25) is 14.5 Å². The van der Waals surface area contributed by atoms with Gasteiger partial charge in [0.25, 0.3) is 5.91 Å². The number of aldehydes is 1. The fourth-order valence-electron chi connectivity index (χ4n) is 4.66. The number of carbonyl (C=O) groups excluding carboxylic acids is 3. The van der Waals surface area contributed by atoms with Crippen LogP contribution >= 0.6 is 23.4 Å². The molecule has 2 unspecified atom stereocenters. The molecule has 0 spiro atoms. The smallest absolute Gasteiger partial charge is 0.323 e. The Morgan fingerprint density at radius 3 is 2.33 bits per heavy atom. The fourth-order valence-corrected chi connectivity index (χ4v) is 5.82. The van der Waals surface area contributed by atoms with E-state index in [1.165, 1.54) is 17.3 Å². The lowest BCUT2D eigenvalue weighted by atomic mass is 10.1. The van der Waals surface area contributed by atoms with E-state index in [1.54, 1.807) is 12.1 Å². The van der Waals surface area contributed by atoms with Crippen LogP contribution in [0.15, 0.2) is 48.5 Å². The summed E-state index contributed by atoms with van der Waals surface area (Å²) in [4.78, 5) is 43.8. The SMILES string of the molecule is CCCOC(=O)C(N)CSC(C=O)N(CCOC(C)C)c1ccc(C(=O)N2CCN(CCc3ccc(Cl)cc3)CC2)cc1. The quantitative estimate of drug-likeness (QED) is 0.157. The number of anilines is 1. The molecule has 1 amide bonds. The van der Waals surface area contributed by atoms with Crippen LogP contribution in [0, 0.1) is 0 Å². The molecule has 3 rings (SSSR count). The molecule has 236 valence electrons. The average molecular weight is 633 g/mol. The van der Waals surface area contributed by atoms with Gasteiger partial charge in [0.15, 0.2) is 6.29 Å². The summed E-state index contributed by atoms with van der Waals surface area (Å²) in [6, 6.07) is 14.4. The van der Waals surface area contributed by atoms with E-state index in [4.69, 9.17) is 26.8 Å². The second-order valence-corrected chi connectivity index (χ2v) is 12.4. The van der Waals surface area contributed by atoms with Crippen molar-refractivity contribution in [1.82, 2.24) is 9.80 Å². The van der Waals surface area contributed by atoms with Crippen molar-refractivity contribution >= 4 is 47.2 Å². The Balaban J connectivity index is 1.58. The van der Waals surface area contributed by atoms with Crippen LogP contribution in [0.25, 0.3) is 0 Å². The highest BCUT2D eigenvalue weighted by Gasteiger charge is 2.25. The summed E-state index contributed by atoms with van der Waals surface area (Å²) in [5.74, 6) is -0.245. The monoisotopic (exact) mass is 632 g/mol. The first kappa shape index (κ1) is 34.9. The van der Waals surface area contributed by atoms with Gasteiger partial charge in [-0.05, 0) is 68.7 Å². The lowest BCUT2D eigenvalue weighted by Crippen LogP contribution is -2.49. The van der Waals surface area contributed by atoms with E-state index in [-0.39, 0.29) is 17.8 Å². The van der Waals surface area contributed by atoms with Crippen LogP contribution in [0.1, 0.15) is 43.1 Å². The molecule has 1 saturated heterocycles. The first-order valence-electron chi connectivity index (χ1n) is 14.9. The number of piperazine rings is 1. The molecule has 1 heterocycles. The van der Waals surface area contributed by atoms with E-state index in [9.17, 15) is 14.4 Å². The van der Waals surface area contributed by atoms with Gasteiger partial charge in [0.2, 0.25) is 0 Å². The Bertz CT molecular complexity index is 1140. The van der Waals surface area contributed by atoms with E-state index in [2.05, 4.69) is 17.0 Å². The highest BCUT2D eigenvalue weighted by atomic mass is 35.5. The third-order valence-corrected chi connectivity index (χ3v) is 8.65. The number of nitrogens with zero attached hydrogens (tertiary/aromatic N) is 3. The molecule has 2 aromatic rings. The predicted octanol–water partition coefficient (Wildman–Crippen LogP) is 4.11. The minimum absolute atomic E-state index is 0.00327. The summed E-state index contributed by atoms with van der Waals surface area (Å²) >= 11 is 7.27. The number of carbonyl (C=O) groups is 3. The van der Waals surface area contributed by atoms with Gasteiger partial charge < -0.3 is 29.8 Å². The van der Waals surface area contributed by atoms with Crippen molar-refractivity contribution in [2.24, 2.45) is 5.73 Å². The van der Waals surface area contributed by atoms with Crippen LogP contribution < -0.4 is 10.6 Å². The lowest BCUT2D eigenvalue weighted by molar-refractivity contribution is -0.144. The third kappa shape index (κ3) is 11.4. The Morgan fingerprint density at radius 2 is 1.72 bits per heavy atom. The van der Waals surface area contributed by atoms with Crippen molar-refractivity contribution in [3.63, 3.8) is 0 Å². The second kappa shape index (κ2) is 18.2. The van der Waals surface area contributed by atoms with Crippen LogP contribution in [0.2, 0.25) is 5.02 Å². The van der Waals surface area contributed by atoms with Crippen molar-refractivity contribution < 1.29 is 23.9 Å². The topological polar surface area (TPSA) is 105 Å². The molecular formula is C32H45ClN4O5S. The normalized spacial score (nSPS) is 15.3. The minimum Gasteiger partial charge on any atom is -0.465 e. The highest BCUT2D eigenvalue weighted by Crippen LogP contribution is 2.24. The number of amides is 1. The molecule has 1 aliphatic rings. The van der Waals surface area contributed by atoms with E-state index in [1.807, 2.05) is 54.8 Å². The maximum Gasteiger partial charge on any atom is 0.323 e. The van der Waals surface area contributed by atoms with Gasteiger partial charge in [-0.25, -0.2) is 0 Å². The van der Waals surface area contributed by atoms with E-state index in [0.29, 0.717) is 44.8 Å². The lowest BCUT2D eigenvalue weighted by Gasteiger charge is -2.35. The number of thioether (sulfide) groups is 1. The van der Waals surface area contributed by atoms with Crippen LogP contribution in [0.3, 0.4) is 0 Å². The van der Waals surface area contributed by atoms with Gasteiger partial charge in [-0.2, -0.15) is 0 Å². The van der Waals surface area contributed by atoms with Crippen molar-refractivity contribution in [3.8, 4) is 0 Å². The Kier molecular flexibility index (Phi) is 14.8. The molecule has 0 radical (unpaired) electrons. The molecule has 2 aromatic carbocycles. The van der Waals surface area contributed by atoms with E-state index < -0.39 is 17.4 Å². The van der Waals surface area contributed by atoms with Gasteiger partial charge in [0, 0.05) is 61.3 Å². The molecule has 2 atom stereocenters. The molecule has 1 fully saturated rings. The number of esters is 1. The predicted molar refractivity (Wildman–Crippen MR) is 174 cm³/mol. The summed E-state index contributed by atoms with van der Waals surface area (Å²) in [6.07, 6.45) is 2.55. The zero-order valence-electron chi connectivity index (χ0n) is 25.5. The van der Waals surface area contributed by atoms with Crippen LogP contribution in [-0.4, -0.2) is 104 Å². The van der Waals surface area contributed by atoms with Gasteiger partial charge in [0.05, 0.1) is 19.3 Å². The molecule has 1 aliphatic heterocycles. The van der Waals surface area contributed by atoms with Crippen molar-refractivity contribution in [2.75, 3.05) is 63.1 Å². The summed E-state index contributed by atoms with van der Waals surface area (Å²) < 4.78 is 10.9. The zero-order valence-corrected chi connectivity index (χ0v) is 27.0. The summed E-state index contributed by atoms with van der Waals surface area (Å²) in [5.41, 5.74) is 8.65. The van der Waals surface area contributed by atoms with Crippen LogP contribution in [0.4, 0.5) is 5.69 Å². The molecule has 0 aromatic heterocycles. The first-order chi connectivity index (χ1) is 20.7. The first-order valence-corrected chi connectivity index (χ1v) is 16.4. The standard InChI is InChI=1S/C32H45ClN4O5S/c1-4-20-42-32(40)29(34)23-43-30(22-38)37(19-21-41-24(2)3)28-11-7-26(8-12-28)31(39)36-17-15-35(16-18-36)14-13-25-5-9-27(33)10-6-25/h5-12,22,24,29-30H,4,13-21,23,34H2,1-3H3. The molecular weight excluding hydrogens is 588 g/mol. The number of nitrogens with two attached hydrogens (primary N) is 1. The second-order valence-electron chi connectivity index (χ2n) is 10.8. The average Bonchev–Trinajstić information content (AvgIpc) is 3.02. The van der Waals surface area contributed by atoms with Gasteiger partial charge in [-0.1, -0.05) is 30.7 Å². The number of rotatable bonds is 17. The number of halogens is 1. The Morgan fingerprint density at radius 1 is 1.05 bits per heavy atom. The van der Waals surface area contributed by atoms with Crippen molar-refractivity contribution in [3.05, 3.63) is 64.7 Å². The largest absolute Gasteiger partial charge is 0.465 e. The molecule has 9 nitrogen and oxygen atoms in total. The molecule has 2 N–H and O–H groups in total. The Hall–Kier alpha value is -2.63. The maximum absolute atomic E-state index is 13.3. The summed E-state index contributed by atoms with van der Waals surface area (Å²) in [5, 5.41) is 0.147.